The van der Waals surface area contributed by atoms with E-state index in [-0.39, 0.29) is 36.7 Å². The number of rotatable bonds is 3. The molecule has 2 heterocycles. The zero-order valence-electron chi connectivity index (χ0n) is 19.1. The van der Waals surface area contributed by atoms with Gasteiger partial charge in [0.1, 0.15) is 6.17 Å². The minimum absolute atomic E-state index is 0.0238. The highest BCUT2D eigenvalue weighted by Crippen LogP contribution is 2.34. The van der Waals surface area contributed by atoms with Gasteiger partial charge in [0.15, 0.2) is 0 Å². The lowest BCUT2D eigenvalue weighted by molar-refractivity contribution is -0.137. The van der Waals surface area contributed by atoms with Crippen molar-refractivity contribution in [1.29, 1.82) is 0 Å². The van der Waals surface area contributed by atoms with Crippen LogP contribution in [-0.2, 0) is 22.1 Å². The Morgan fingerprint density at radius 2 is 1.94 bits per heavy atom. The van der Waals surface area contributed by atoms with Crippen LogP contribution in [0.2, 0.25) is 0 Å². The summed E-state index contributed by atoms with van der Waals surface area (Å²) in [5.41, 5.74) is -0.428. The number of carbonyl (C=O) groups excluding carboxylic acids is 2. The molecule has 3 aliphatic rings. The van der Waals surface area contributed by atoms with E-state index in [9.17, 15) is 27.2 Å². The van der Waals surface area contributed by atoms with Gasteiger partial charge in [0.05, 0.1) is 12.2 Å². The molecule has 1 N–H and O–H groups in total. The molecule has 0 aromatic heterocycles. The number of hydrogen-bond donors (Lipinski definition) is 1. The molecule has 2 amide bonds. The van der Waals surface area contributed by atoms with Gasteiger partial charge >= 0.3 is 6.18 Å². The Bertz CT molecular complexity index is 845. The monoisotopic (exact) mass is 472 g/mol. The first-order chi connectivity index (χ1) is 15.7. The van der Waals surface area contributed by atoms with Gasteiger partial charge in [-0.05, 0) is 49.8 Å². The van der Waals surface area contributed by atoms with Crippen molar-refractivity contribution in [3.8, 4) is 0 Å². The lowest BCUT2D eigenvalue weighted by atomic mass is 9.95. The molecule has 0 spiro atoms. The maximum absolute atomic E-state index is 14.0. The molecular formula is C24H32F4N2O3. The first kappa shape index (κ1) is 25.6. The fourth-order valence-corrected chi connectivity index (χ4v) is 4.63. The fraction of sp³-hybridized carbons (Fsp3) is 0.667. The van der Waals surface area contributed by atoms with Crippen LogP contribution < -0.4 is 5.32 Å². The molecule has 1 aromatic carbocycles. The van der Waals surface area contributed by atoms with E-state index in [1.807, 2.05) is 0 Å². The number of nitrogens with one attached hydrogen (secondary N) is 1. The van der Waals surface area contributed by atoms with Gasteiger partial charge in [0, 0.05) is 36.7 Å². The SMILES string of the molecule is CCC.O=C1c2cc(C(F)(F)F)ccc2CCN1C(=O)[C@H]1CCC(NC2CCOCC2F)C1. The molecule has 9 heteroatoms. The number of amides is 2. The predicted octanol–water partition coefficient (Wildman–Crippen LogP) is 4.53. The van der Waals surface area contributed by atoms with E-state index in [0.29, 0.717) is 44.3 Å². The summed E-state index contributed by atoms with van der Waals surface area (Å²) < 4.78 is 58.1. The van der Waals surface area contributed by atoms with Crippen LogP contribution in [0.1, 0.15) is 67.4 Å². The molecule has 1 saturated heterocycles. The number of halogens is 4. The Hall–Kier alpha value is -2.00. The van der Waals surface area contributed by atoms with E-state index < -0.39 is 29.7 Å². The van der Waals surface area contributed by atoms with Crippen LogP contribution in [0.25, 0.3) is 0 Å². The van der Waals surface area contributed by atoms with E-state index in [0.717, 1.165) is 17.0 Å². The Kier molecular flexibility index (Phi) is 8.50. The number of hydrogen-bond acceptors (Lipinski definition) is 4. The van der Waals surface area contributed by atoms with Crippen LogP contribution in [0.3, 0.4) is 0 Å². The molecule has 2 aliphatic heterocycles. The first-order valence-corrected chi connectivity index (χ1v) is 11.7. The Balaban J connectivity index is 0.000000968. The number of nitrogens with zero attached hydrogens (tertiary/aromatic N) is 1. The van der Waals surface area contributed by atoms with Gasteiger partial charge in [0.25, 0.3) is 5.91 Å². The lowest BCUT2D eigenvalue weighted by Crippen LogP contribution is -2.48. The minimum atomic E-state index is -4.55. The van der Waals surface area contributed by atoms with E-state index in [1.165, 1.54) is 12.5 Å². The van der Waals surface area contributed by atoms with Gasteiger partial charge in [-0.3, -0.25) is 14.5 Å². The van der Waals surface area contributed by atoms with Crippen molar-refractivity contribution >= 4 is 11.8 Å². The van der Waals surface area contributed by atoms with E-state index in [4.69, 9.17) is 4.74 Å². The quantitative estimate of drug-likeness (QED) is 0.519. The largest absolute Gasteiger partial charge is 0.416 e. The molecule has 1 aromatic rings. The number of alkyl halides is 4. The van der Waals surface area contributed by atoms with Gasteiger partial charge < -0.3 is 10.1 Å². The average Bonchev–Trinajstić information content (AvgIpc) is 3.23. The minimum Gasteiger partial charge on any atom is -0.378 e. The molecule has 4 rings (SSSR count). The van der Waals surface area contributed by atoms with Gasteiger partial charge in [-0.25, -0.2) is 4.39 Å². The van der Waals surface area contributed by atoms with E-state index >= 15 is 0 Å². The Morgan fingerprint density at radius 3 is 2.61 bits per heavy atom. The second-order valence-electron chi connectivity index (χ2n) is 8.98. The van der Waals surface area contributed by atoms with Gasteiger partial charge in [-0.2, -0.15) is 13.2 Å². The van der Waals surface area contributed by atoms with Crippen molar-refractivity contribution in [3.63, 3.8) is 0 Å². The van der Waals surface area contributed by atoms with Crippen LogP contribution in [0.4, 0.5) is 17.6 Å². The lowest BCUT2D eigenvalue weighted by Gasteiger charge is -2.31. The number of ether oxygens (including phenoxy) is 1. The van der Waals surface area contributed by atoms with Crippen LogP contribution in [0.15, 0.2) is 18.2 Å². The fourth-order valence-electron chi connectivity index (χ4n) is 4.63. The summed E-state index contributed by atoms with van der Waals surface area (Å²) in [7, 11) is 0. The molecule has 5 nitrogen and oxygen atoms in total. The second-order valence-corrected chi connectivity index (χ2v) is 8.98. The summed E-state index contributed by atoms with van der Waals surface area (Å²) in [6, 6.07) is 2.79. The van der Waals surface area contributed by atoms with Crippen LogP contribution in [0, 0.1) is 5.92 Å². The van der Waals surface area contributed by atoms with Gasteiger partial charge in [0.2, 0.25) is 5.91 Å². The second kappa shape index (κ2) is 11.0. The van der Waals surface area contributed by atoms with Gasteiger partial charge in [-0.1, -0.05) is 26.3 Å². The zero-order chi connectivity index (χ0) is 24.2. The summed E-state index contributed by atoms with van der Waals surface area (Å²) in [6.45, 7) is 4.97. The van der Waals surface area contributed by atoms with Crippen molar-refractivity contribution in [2.45, 2.75) is 76.8 Å². The maximum atomic E-state index is 14.0. The number of benzene rings is 1. The summed E-state index contributed by atoms with van der Waals surface area (Å²) in [5, 5.41) is 3.27. The maximum Gasteiger partial charge on any atom is 0.416 e. The molecule has 2 fully saturated rings. The average molecular weight is 473 g/mol. The van der Waals surface area contributed by atoms with Crippen LogP contribution >= 0.6 is 0 Å². The van der Waals surface area contributed by atoms with Crippen LogP contribution in [-0.4, -0.2) is 54.7 Å². The normalized spacial score (nSPS) is 27.6. The van der Waals surface area contributed by atoms with Crippen molar-refractivity contribution in [3.05, 3.63) is 34.9 Å². The summed E-state index contributed by atoms with van der Waals surface area (Å²) in [4.78, 5) is 26.8. The highest BCUT2D eigenvalue weighted by Gasteiger charge is 2.40. The standard InChI is InChI=1S/C21H24F4N2O3.C3H8/c22-17-11-30-8-6-18(17)26-15-4-2-13(9-15)19(28)27-7-5-12-1-3-14(21(23,24)25)10-16(12)20(27)29;1-3-2/h1,3,10,13,15,17-18,26H,2,4-9,11H2;3H2,1-2H3/t13-,15?,17?,18?;/m0./s1. The Labute approximate surface area is 191 Å². The highest BCUT2D eigenvalue weighted by molar-refractivity contribution is 6.07. The Morgan fingerprint density at radius 1 is 1.21 bits per heavy atom. The van der Waals surface area contributed by atoms with Crippen molar-refractivity contribution in [2.24, 2.45) is 5.92 Å². The molecule has 0 bridgehead atoms. The molecule has 1 saturated carbocycles. The molecule has 3 unspecified atom stereocenters. The first-order valence-electron chi connectivity index (χ1n) is 11.7. The number of carbonyl (C=O) groups is 2. The smallest absolute Gasteiger partial charge is 0.378 e. The van der Waals surface area contributed by atoms with E-state index in [2.05, 4.69) is 19.2 Å². The molecular weight excluding hydrogens is 440 g/mol. The molecule has 1 aliphatic carbocycles. The third-order valence-electron chi connectivity index (χ3n) is 6.30. The number of fused-ring (bicyclic) bond motifs is 1. The summed E-state index contributed by atoms with van der Waals surface area (Å²) in [5.74, 6) is -1.41. The highest BCUT2D eigenvalue weighted by atomic mass is 19.4. The molecule has 4 atom stereocenters. The third kappa shape index (κ3) is 6.12. The molecule has 33 heavy (non-hydrogen) atoms. The third-order valence-corrected chi connectivity index (χ3v) is 6.30. The summed E-state index contributed by atoms with van der Waals surface area (Å²) >= 11 is 0. The molecule has 0 radical (unpaired) electrons. The predicted molar refractivity (Wildman–Crippen MR) is 116 cm³/mol. The van der Waals surface area contributed by atoms with Crippen molar-refractivity contribution < 1.29 is 31.9 Å². The van der Waals surface area contributed by atoms with E-state index in [1.54, 1.807) is 0 Å². The number of imide groups is 1. The van der Waals surface area contributed by atoms with Crippen LogP contribution in [0.5, 0.6) is 0 Å². The van der Waals surface area contributed by atoms with Gasteiger partial charge in [-0.15, -0.1) is 0 Å². The zero-order valence-corrected chi connectivity index (χ0v) is 19.1. The van der Waals surface area contributed by atoms with Crippen molar-refractivity contribution in [1.82, 2.24) is 10.2 Å². The topological polar surface area (TPSA) is 58.6 Å². The van der Waals surface area contributed by atoms with Crippen molar-refractivity contribution in [2.75, 3.05) is 19.8 Å². The molecule has 184 valence electrons. The summed E-state index contributed by atoms with van der Waals surface area (Å²) in [6.07, 6.45) is -1.74.